The Balaban J connectivity index is 4.19. The van der Waals surface area contributed by atoms with E-state index < -0.39 is 9.84 Å². The summed E-state index contributed by atoms with van der Waals surface area (Å²) in [7, 11) is -1.24. The average molecular weight is 251 g/mol. The van der Waals surface area contributed by atoms with Crippen LogP contribution in [0.15, 0.2) is 0 Å². The van der Waals surface area contributed by atoms with Crippen LogP contribution < -0.4 is 5.73 Å². The second-order valence-corrected chi connectivity index (χ2v) is 7.72. The molecule has 0 spiro atoms. The Morgan fingerprint density at radius 1 is 1.31 bits per heavy atom. The number of ether oxygens (including phenoxy) is 1. The summed E-state index contributed by atoms with van der Waals surface area (Å²) in [5.74, 6) is 0.196. The van der Waals surface area contributed by atoms with E-state index in [2.05, 4.69) is 20.8 Å². The Bertz CT molecular complexity index is 293. The van der Waals surface area contributed by atoms with Crippen LogP contribution in [0, 0.1) is 5.41 Å². The number of hydrogen-bond donors (Lipinski definition) is 1. The molecule has 0 fully saturated rings. The highest BCUT2D eigenvalue weighted by Gasteiger charge is 2.29. The van der Waals surface area contributed by atoms with Crippen molar-refractivity contribution in [3.05, 3.63) is 0 Å². The SMILES string of the molecule is COC(C(N)CCCS(C)(=O)=O)C(C)(C)C. The topological polar surface area (TPSA) is 69.4 Å². The predicted molar refractivity (Wildman–Crippen MR) is 67.2 cm³/mol. The van der Waals surface area contributed by atoms with Gasteiger partial charge in [-0.25, -0.2) is 8.42 Å². The Hall–Kier alpha value is -0.130. The van der Waals surface area contributed by atoms with Crippen LogP contribution >= 0.6 is 0 Å². The van der Waals surface area contributed by atoms with Gasteiger partial charge in [-0.1, -0.05) is 20.8 Å². The molecule has 0 heterocycles. The van der Waals surface area contributed by atoms with Gasteiger partial charge in [0.15, 0.2) is 0 Å². The quantitative estimate of drug-likeness (QED) is 0.770. The van der Waals surface area contributed by atoms with E-state index in [4.69, 9.17) is 10.5 Å². The zero-order chi connectivity index (χ0) is 13.0. The molecule has 2 atom stereocenters. The van der Waals surface area contributed by atoms with Crippen LogP contribution in [-0.2, 0) is 14.6 Å². The molecular weight excluding hydrogens is 226 g/mol. The molecule has 0 aromatic rings. The maximum Gasteiger partial charge on any atom is 0.147 e. The van der Waals surface area contributed by atoms with Crippen molar-refractivity contribution in [3.8, 4) is 0 Å². The lowest BCUT2D eigenvalue weighted by molar-refractivity contribution is -0.00365. The normalized spacial score (nSPS) is 17.1. The lowest BCUT2D eigenvalue weighted by Gasteiger charge is -2.34. The molecule has 98 valence electrons. The second kappa shape index (κ2) is 5.98. The molecule has 2 N–H and O–H groups in total. The van der Waals surface area contributed by atoms with E-state index in [9.17, 15) is 8.42 Å². The predicted octanol–water partition coefficient (Wildman–Crippen LogP) is 1.20. The smallest absolute Gasteiger partial charge is 0.147 e. The van der Waals surface area contributed by atoms with Gasteiger partial charge in [0.25, 0.3) is 0 Å². The minimum atomic E-state index is -2.88. The number of nitrogens with two attached hydrogens (primary N) is 1. The molecule has 0 rings (SSSR count). The first-order valence-electron chi connectivity index (χ1n) is 5.54. The van der Waals surface area contributed by atoms with Gasteiger partial charge in [0, 0.05) is 25.2 Å². The number of rotatable bonds is 6. The Morgan fingerprint density at radius 3 is 2.12 bits per heavy atom. The van der Waals surface area contributed by atoms with Crippen molar-refractivity contribution in [3.63, 3.8) is 0 Å². The van der Waals surface area contributed by atoms with Crippen LogP contribution in [-0.4, -0.2) is 39.7 Å². The van der Waals surface area contributed by atoms with Crippen LogP contribution in [0.1, 0.15) is 33.6 Å². The fourth-order valence-electron chi connectivity index (χ4n) is 1.90. The molecule has 0 amide bonds. The third-order valence-electron chi connectivity index (χ3n) is 2.55. The molecular formula is C11H25NO3S. The van der Waals surface area contributed by atoms with E-state index in [-0.39, 0.29) is 23.3 Å². The van der Waals surface area contributed by atoms with Crippen molar-refractivity contribution in [1.82, 2.24) is 0 Å². The Morgan fingerprint density at radius 2 is 1.81 bits per heavy atom. The Labute approximate surface area is 99.5 Å². The van der Waals surface area contributed by atoms with E-state index in [1.165, 1.54) is 6.26 Å². The first-order valence-corrected chi connectivity index (χ1v) is 7.60. The van der Waals surface area contributed by atoms with Gasteiger partial charge in [-0.3, -0.25) is 0 Å². The van der Waals surface area contributed by atoms with Crippen LogP contribution in [0.2, 0.25) is 0 Å². The van der Waals surface area contributed by atoms with Crippen molar-refractivity contribution in [2.75, 3.05) is 19.1 Å². The zero-order valence-corrected chi connectivity index (χ0v) is 11.8. The van der Waals surface area contributed by atoms with Crippen LogP contribution in [0.5, 0.6) is 0 Å². The largest absolute Gasteiger partial charge is 0.379 e. The number of hydrogen-bond acceptors (Lipinski definition) is 4. The molecule has 2 unspecified atom stereocenters. The van der Waals surface area contributed by atoms with Gasteiger partial charge < -0.3 is 10.5 Å². The molecule has 4 nitrogen and oxygen atoms in total. The third-order valence-corrected chi connectivity index (χ3v) is 3.58. The van der Waals surface area contributed by atoms with Crippen molar-refractivity contribution in [1.29, 1.82) is 0 Å². The number of sulfone groups is 1. The molecule has 0 bridgehead atoms. The highest BCUT2D eigenvalue weighted by Crippen LogP contribution is 2.25. The monoisotopic (exact) mass is 251 g/mol. The zero-order valence-electron chi connectivity index (χ0n) is 11.0. The van der Waals surface area contributed by atoms with Gasteiger partial charge >= 0.3 is 0 Å². The standard InChI is InChI=1S/C11H25NO3S/c1-11(2,3)10(15-4)9(12)7-6-8-16(5,13)14/h9-10H,6-8,12H2,1-5H3. The molecule has 0 aliphatic rings. The summed E-state index contributed by atoms with van der Waals surface area (Å²) < 4.78 is 27.3. The van der Waals surface area contributed by atoms with Gasteiger partial charge in [0.2, 0.25) is 0 Å². The molecule has 16 heavy (non-hydrogen) atoms. The Kier molecular flexibility index (Phi) is 5.93. The summed E-state index contributed by atoms with van der Waals surface area (Å²) in [4.78, 5) is 0. The van der Waals surface area contributed by atoms with E-state index in [0.29, 0.717) is 12.8 Å². The summed E-state index contributed by atoms with van der Waals surface area (Å²) in [6.07, 6.45) is 2.46. The maximum absolute atomic E-state index is 11.0. The van der Waals surface area contributed by atoms with Crippen LogP contribution in [0.25, 0.3) is 0 Å². The van der Waals surface area contributed by atoms with Crippen LogP contribution in [0.4, 0.5) is 0 Å². The fraction of sp³-hybridized carbons (Fsp3) is 1.00. The molecule has 0 aliphatic heterocycles. The van der Waals surface area contributed by atoms with Crippen molar-refractivity contribution < 1.29 is 13.2 Å². The third kappa shape index (κ3) is 6.45. The van der Waals surface area contributed by atoms with Crippen molar-refractivity contribution >= 4 is 9.84 Å². The summed E-state index contributed by atoms with van der Waals surface area (Å²) in [6, 6.07) is -0.119. The molecule has 0 aliphatic carbocycles. The molecule has 0 radical (unpaired) electrons. The molecule has 0 saturated heterocycles. The van der Waals surface area contributed by atoms with Gasteiger partial charge in [0.05, 0.1) is 6.10 Å². The second-order valence-electron chi connectivity index (χ2n) is 5.46. The minimum absolute atomic E-state index is 0.0285. The van der Waals surface area contributed by atoms with E-state index in [1.807, 2.05) is 0 Å². The highest BCUT2D eigenvalue weighted by atomic mass is 32.2. The highest BCUT2D eigenvalue weighted by molar-refractivity contribution is 7.90. The lowest BCUT2D eigenvalue weighted by Crippen LogP contribution is -2.44. The van der Waals surface area contributed by atoms with Gasteiger partial charge in [-0.2, -0.15) is 0 Å². The molecule has 0 aromatic heterocycles. The summed E-state index contributed by atoms with van der Waals surface area (Å²) in [6.45, 7) is 6.20. The summed E-state index contributed by atoms with van der Waals surface area (Å²) in [5, 5.41) is 0. The average Bonchev–Trinajstić information content (AvgIpc) is 1.99. The minimum Gasteiger partial charge on any atom is -0.379 e. The summed E-state index contributed by atoms with van der Waals surface area (Å²) >= 11 is 0. The first-order chi connectivity index (χ1) is 7.08. The van der Waals surface area contributed by atoms with Crippen LogP contribution in [0.3, 0.4) is 0 Å². The van der Waals surface area contributed by atoms with Gasteiger partial charge in [-0.15, -0.1) is 0 Å². The molecule has 0 saturated carbocycles. The number of methoxy groups -OCH3 is 1. The lowest BCUT2D eigenvalue weighted by atomic mass is 9.83. The van der Waals surface area contributed by atoms with E-state index in [0.717, 1.165) is 0 Å². The van der Waals surface area contributed by atoms with Crippen molar-refractivity contribution in [2.24, 2.45) is 11.1 Å². The van der Waals surface area contributed by atoms with Gasteiger partial charge in [0.1, 0.15) is 9.84 Å². The maximum atomic E-state index is 11.0. The van der Waals surface area contributed by atoms with E-state index >= 15 is 0 Å². The fourth-order valence-corrected chi connectivity index (χ4v) is 2.59. The summed E-state index contributed by atoms with van der Waals surface area (Å²) in [5.41, 5.74) is 6.00. The van der Waals surface area contributed by atoms with E-state index in [1.54, 1.807) is 7.11 Å². The molecule has 5 heteroatoms. The van der Waals surface area contributed by atoms with Crippen molar-refractivity contribution in [2.45, 2.75) is 45.8 Å². The molecule has 0 aromatic carbocycles. The first kappa shape index (κ1) is 15.9. The van der Waals surface area contributed by atoms with Gasteiger partial charge in [-0.05, 0) is 18.3 Å².